The molecule has 7 atom stereocenters. The van der Waals surface area contributed by atoms with Gasteiger partial charge in [-0.05, 0) is 44.9 Å². The Morgan fingerprint density at radius 3 is 1.49 bits per heavy atom. The zero-order valence-electron chi connectivity index (χ0n) is 38.3. The third kappa shape index (κ3) is 31.2. The number of unbranched alkanes of at least 4 members (excludes halogenated alkanes) is 28. The Kier molecular flexibility index (Phi) is 38.4. The van der Waals surface area contributed by atoms with E-state index in [2.05, 4.69) is 43.5 Å². The van der Waals surface area contributed by atoms with Crippen LogP contribution in [0.1, 0.15) is 232 Å². The Labute approximate surface area is 362 Å². The first-order chi connectivity index (χ1) is 28.8. The standard InChI is InChI=1S/C50H95NO8/c1-3-5-7-9-11-13-15-17-19-21-22-24-25-27-29-31-33-35-37-39-44(53)43(42-58-50-49(57)48(56)47(55)45(41-52)59-50)51-46(54)40-38-36-34-32-30-28-26-23-20-18-16-14-12-10-8-6-4-2/h12,14,18,20,43-45,47-50,52-53,55-57H,3-11,13,15-17,19,21-42H2,1-2H3,(H,51,54)/b14-12-,20-18-. The maximum Gasteiger partial charge on any atom is 0.220 e. The molecule has 1 saturated heterocycles. The van der Waals surface area contributed by atoms with Crippen LogP contribution in [0.15, 0.2) is 24.3 Å². The van der Waals surface area contributed by atoms with E-state index in [9.17, 15) is 30.3 Å². The third-order valence-electron chi connectivity index (χ3n) is 12.1. The zero-order chi connectivity index (χ0) is 43.0. The molecule has 1 amide bonds. The molecule has 0 bridgehead atoms. The van der Waals surface area contributed by atoms with Gasteiger partial charge in [0.15, 0.2) is 6.29 Å². The molecule has 59 heavy (non-hydrogen) atoms. The van der Waals surface area contributed by atoms with E-state index >= 15 is 0 Å². The summed E-state index contributed by atoms with van der Waals surface area (Å²) in [4.78, 5) is 13.0. The van der Waals surface area contributed by atoms with E-state index in [-0.39, 0.29) is 12.5 Å². The van der Waals surface area contributed by atoms with Crippen molar-refractivity contribution < 1.29 is 39.8 Å². The fourth-order valence-corrected chi connectivity index (χ4v) is 8.02. The number of amides is 1. The van der Waals surface area contributed by atoms with Crippen LogP contribution in [0.2, 0.25) is 0 Å². The number of carbonyl (C=O) groups excluding carboxylic acids is 1. The molecule has 7 unspecified atom stereocenters. The Bertz CT molecular complexity index is 977. The lowest BCUT2D eigenvalue weighted by molar-refractivity contribution is -0.302. The minimum atomic E-state index is -1.55. The van der Waals surface area contributed by atoms with Crippen molar-refractivity contribution in [2.24, 2.45) is 0 Å². The van der Waals surface area contributed by atoms with Crippen LogP contribution in [-0.4, -0.2) is 87.5 Å². The summed E-state index contributed by atoms with van der Waals surface area (Å²) in [7, 11) is 0. The van der Waals surface area contributed by atoms with Crippen molar-refractivity contribution >= 4 is 5.91 Å². The minimum Gasteiger partial charge on any atom is -0.394 e. The van der Waals surface area contributed by atoms with E-state index in [1.165, 1.54) is 154 Å². The molecule has 0 saturated carbocycles. The van der Waals surface area contributed by atoms with Gasteiger partial charge in [0.25, 0.3) is 0 Å². The van der Waals surface area contributed by atoms with Gasteiger partial charge in [-0.2, -0.15) is 0 Å². The number of allylic oxidation sites excluding steroid dienone is 4. The summed E-state index contributed by atoms with van der Waals surface area (Å²) in [5, 5.41) is 54.5. The van der Waals surface area contributed by atoms with E-state index in [4.69, 9.17) is 9.47 Å². The highest BCUT2D eigenvalue weighted by molar-refractivity contribution is 5.76. The number of hydrogen-bond donors (Lipinski definition) is 6. The number of aliphatic hydroxyl groups is 5. The van der Waals surface area contributed by atoms with Gasteiger partial charge in [0.1, 0.15) is 24.4 Å². The predicted octanol–water partition coefficient (Wildman–Crippen LogP) is 11.1. The van der Waals surface area contributed by atoms with Gasteiger partial charge in [-0.25, -0.2) is 0 Å². The quantitative estimate of drug-likeness (QED) is 0.0263. The molecule has 0 aliphatic carbocycles. The van der Waals surface area contributed by atoms with E-state index in [0.29, 0.717) is 12.8 Å². The van der Waals surface area contributed by atoms with Crippen LogP contribution in [-0.2, 0) is 14.3 Å². The second kappa shape index (κ2) is 40.7. The molecule has 348 valence electrons. The number of hydrogen-bond acceptors (Lipinski definition) is 8. The summed E-state index contributed by atoms with van der Waals surface area (Å²) in [5.41, 5.74) is 0. The van der Waals surface area contributed by atoms with Crippen LogP contribution < -0.4 is 5.32 Å². The fraction of sp³-hybridized carbons (Fsp3) is 0.900. The molecule has 1 rings (SSSR count). The summed E-state index contributed by atoms with van der Waals surface area (Å²) in [6.45, 7) is 3.82. The van der Waals surface area contributed by atoms with Gasteiger partial charge in [0.05, 0.1) is 25.4 Å². The Hall–Kier alpha value is -1.33. The Balaban J connectivity index is 2.29. The van der Waals surface area contributed by atoms with Crippen LogP contribution in [0, 0.1) is 0 Å². The number of nitrogens with one attached hydrogen (secondary N) is 1. The number of aliphatic hydroxyl groups excluding tert-OH is 5. The van der Waals surface area contributed by atoms with Crippen LogP contribution in [0.3, 0.4) is 0 Å². The van der Waals surface area contributed by atoms with Crippen molar-refractivity contribution in [1.29, 1.82) is 0 Å². The van der Waals surface area contributed by atoms with Gasteiger partial charge in [-0.1, -0.05) is 205 Å². The van der Waals surface area contributed by atoms with Crippen molar-refractivity contribution in [2.75, 3.05) is 13.2 Å². The van der Waals surface area contributed by atoms with Crippen LogP contribution in [0.25, 0.3) is 0 Å². The smallest absolute Gasteiger partial charge is 0.220 e. The number of ether oxygens (including phenoxy) is 2. The zero-order valence-corrected chi connectivity index (χ0v) is 38.3. The average Bonchev–Trinajstić information content (AvgIpc) is 3.23. The highest BCUT2D eigenvalue weighted by Gasteiger charge is 2.44. The minimum absolute atomic E-state index is 0.139. The van der Waals surface area contributed by atoms with Crippen LogP contribution >= 0.6 is 0 Å². The van der Waals surface area contributed by atoms with E-state index in [0.717, 1.165) is 51.4 Å². The first-order valence-corrected chi connectivity index (χ1v) is 25.0. The highest BCUT2D eigenvalue weighted by Crippen LogP contribution is 2.23. The molecule has 6 N–H and O–H groups in total. The summed E-state index contributed by atoms with van der Waals surface area (Å²) in [6.07, 6.45) is 41.8. The van der Waals surface area contributed by atoms with Crippen LogP contribution in [0.5, 0.6) is 0 Å². The molecular weight excluding hydrogens is 743 g/mol. The number of carbonyl (C=O) groups is 1. The Morgan fingerprint density at radius 2 is 1.00 bits per heavy atom. The second-order valence-corrected chi connectivity index (χ2v) is 17.6. The van der Waals surface area contributed by atoms with Crippen molar-refractivity contribution in [3.05, 3.63) is 24.3 Å². The fourth-order valence-electron chi connectivity index (χ4n) is 8.02. The molecule has 9 nitrogen and oxygen atoms in total. The van der Waals surface area contributed by atoms with Crippen LogP contribution in [0.4, 0.5) is 0 Å². The monoisotopic (exact) mass is 838 g/mol. The lowest BCUT2D eigenvalue weighted by Gasteiger charge is -2.40. The van der Waals surface area contributed by atoms with E-state index < -0.39 is 49.5 Å². The van der Waals surface area contributed by atoms with Gasteiger partial charge < -0.3 is 40.3 Å². The lowest BCUT2D eigenvalue weighted by atomic mass is 9.99. The summed E-state index contributed by atoms with van der Waals surface area (Å²) in [6, 6.07) is -0.721. The topological polar surface area (TPSA) is 149 Å². The van der Waals surface area contributed by atoms with Crippen molar-refractivity contribution in [3.8, 4) is 0 Å². The van der Waals surface area contributed by atoms with Gasteiger partial charge in [0.2, 0.25) is 5.91 Å². The van der Waals surface area contributed by atoms with E-state index in [1.54, 1.807) is 0 Å². The third-order valence-corrected chi connectivity index (χ3v) is 12.1. The summed E-state index contributed by atoms with van der Waals surface area (Å²) in [5.74, 6) is -0.151. The molecular formula is C50H95NO8. The molecule has 1 fully saturated rings. The molecule has 1 aliphatic heterocycles. The maximum absolute atomic E-state index is 13.0. The normalized spacial score (nSPS) is 20.8. The van der Waals surface area contributed by atoms with E-state index in [1.807, 2.05) is 0 Å². The van der Waals surface area contributed by atoms with Gasteiger partial charge in [0, 0.05) is 6.42 Å². The lowest BCUT2D eigenvalue weighted by Crippen LogP contribution is -2.60. The Morgan fingerprint density at radius 1 is 0.576 bits per heavy atom. The first-order valence-electron chi connectivity index (χ1n) is 25.0. The molecule has 1 heterocycles. The summed E-state index contributed by atoms with van der Waals surface area (Å²) >= 11 is 0. The number of rotatable bonds is 42. The molecule has 0 spiro atoms. The van der Waals surface area contributed by atoms with Gasteiger partial charge in [-0.3, -0.25) is 4.79 Å². The molecule has 0 radical (unpaired) electrons. The van der Waals surface area contributed by atoms with Crippen molar-refractivity contribution in [2.45, 2.75) is 275 Å². The SMILES string of the molecule is CCCCC/C=C\C/C=C\CCCCCCCCCC(=O)NC(COC1OC(CO)C(O)C(O)C1O)C(O)CCCCCCCCCCCCCCCCCCCCC. The van der Waals surface area contributed by atoms with Gasteiger partial charge in [-0.15, -0.1) is 0 Å². The highest BCUT2D eigenvalue weighted by atomic mass is 16.7. The molecule has 1 aliphatic rings. The predicted molar refractivity (Wildman–Crippen MR) is 244 cm³/mol. The molecule has 0 aromatic heterocycles. The second-order valence-electron chi connectivity index (χ2n) is 17.6. The molecule has 0 aromatic rings. The largest absolute Gasteiger partial charge is 0.394 e. The van der Waals surface area contributed by atoms with Crippen molar-refractivity contribution in [3.63, 3.8) is 0 Å². The van der Waals surface area contributed by atoms with Crippen molar-refractivity contribution in [1.82, 2.24) is 5.32 Å². The average molecular weight is 838 g/mol. The summed E-state index contributed by atoms with van der Waals surface area (Å²) < 4.78 is 11.3. The maximum atomic E-state index is 13.0. The first kappa shape index (κ1) is 55.7. The van der Waals surface area contributed by atoms with Gasteiger partial charge >= 0.3 is 0 Å². The molecule has 9 heteroatoms. The molecule has 0 aromatic carbocycles.